The number of aromatic amines is 1. The quantitative estimate of drug-likeness (QED) is 0.695. The van der Waals surface area contributed by atoms with Crippen molar-refractivity contribution in [2.45, 2.75) is 36.6 Å². The van der Waals surface area contributed by atoms with Crippen molar-refractivity contribution < 1.29 is 13.5 Å². The molecule has 1 saturated heterocycles. The minimum absolute atomic E-state index is 0.0402. The number of aromatic nitrogens is 2. The third-order valence-corrected chi connectivity index (χ3v) is 5.22. The van der Waals surface area contributed by atoms with Gasteiger partial charge in [-0.1, -0.05) is 0 Å². The molecule has 1 aromatic rings. The number of aliphatic hydroxyl groups excluding tert-OH is 1. The fourth-order valence-corrected chi connectivity index (χ4v) is 4.09. The SMILES string of the molecule is Nc1[nH]ncc1S(=O)(=O)N1CCCC1CCCO. The maximum absolute atomic E-state index is 12.4. The molecule has 0 radical (unpaired) electrons. The molecule has 2 rings (SSSR count). The van der Waals surface area contributed by atoms with Gasteiger partial charge in [-0.15, -0.1) is 0 Å². The number of hydrogen-bond acceptors (Lipinski definition) is 5. The van der Waals surface area contributed by atoms with Crippen LogP contribution >= 0.6 is 0 Å². The molecule has 0 saturated carbocycles. The number of aliphatic hydroxyl groups is 1. The van der Waals surface area contributed by atoms with Gasteiger partial charge in [0.1, 0.15) is 10.7 Å². The van der Waals surface area contributed by atoms with Gasteiger partial charge in [0, 0.05) is 19.2 Å². The Labute approximate surface area is 106 Å². The van der Waals surface area contributed by atoms with Gasteiger partial charge in [-0.3, -0.25) is 5.10 Å². The Morgan fingerprint density at radius 1 is 1.61 bits per heavy atom. The maximum Gasteiger partial charge on any atom is 0.248 e. The van der Waals surface area contributed by atoms with Crippen molar-refractivity contribution >= 4 is 15.8 Å². The van der Waals surface area contributed by atoms with Gasteiger partial charge in [0.05, 0.1) is 6.20 Å². The Morgan fingerprint density at radius 3 is 3.00 bits per heavy atom. The number of sulfonamides is 1. The lowest BCUT2D eigenvalue weighted by Gasteiger charge is -2.23. The van der Waals surface area contributed by atoms with Crippen molar-refractivity contribution in [1.29, 1.82) is 0 Å². The molecule has 18 heavy (non-hydrogen) atoms. The van der Waals surface area contributed by atoms with E-state index < -0.39 is 10.0 Å². The highest BCUT2D eigenvalue weighted by atomic mass is 32.2. The molecular weight excluding hydrogens is 256 g/mol. The fraction of sp³-hybridized carbons (Fsp3) is 0.700. The van der Waals surface area contributed by atoms with Crippen LogP contribution in [-0.2, 0) is 10.0 Å². The molecule has 0 bridgehead atoms. The number of nitrogens with one attached hydrogen (secondary N) is 1. The van der Waals surface area contributed by atoms with E-state index in [-0.39, 0.29) is 23.4 Å². The van der Waals surface area contributed by atoms with Crippen molar-refractivity contribution in [3.63, 3.8) is 0 Å². The van der Waals surface area contributed by atoms with Gasteiger partial charge < -0.3 is 10.8 Å². The van der Waals surface area contributed by atoms with Gasteiger partial charge in [0.25, 0.3) is 0 Å². The van der Waals surface area contributed by atoms with Crippen LogP contribution in [0.15, 0.2) is 11.1 Å². The van der Waals surface area contributed by atoms with E-state index in [2.05, 4.69) is 10.2 Å². The van der Waals surface area contributed by atoms with E-state index >= 15 is 0 Å². The molecule has 1 atom stereocenters. The predicted molar refractivity (Wildman–Crippen MR) is 66.2 cm³/mol. The zero-order valence-electron chi connectivity index (χ0n) is 10.0. The summed E-state index contributed by atoms with van der Waals surface area (Å²) in [5, 5.41) is 14.9. The monoisotopic (exact) mass is 274 g/mol. The molecule has 1 unspecified atom stereocenters. The molecule has 1 aromatic heterocycles. The van der Waals surface area contributed by atoms with Gasteiger partial charge in [0.15, 0.2) is 0 Å². The molecule has 102 valence electrons. The average molecular weight is 274 g/mol. The Morgan fingerprint density at radius 2 is 2.39 bits per heavy atom. The predicted octanol–water partition coefficient (Wildman–Crippen LogP) is -0.0825. The maximum atomic E-state index is 12.4. The zero-order chi connectivity index (χ0) is 13.2. The first kappa shape index (κ1) is 13.3. The number of nitrogen functional groups attached to an aromatic ring is 1. The second kappa shape index (κ2) is 5.25. The first-order valence-corrected chi connectivity index (χ1v) is 7.43. The van der Waals surface area contributed by atoms with E-state index in [1.807, 2.05) is 0 Å². The summed E-state index contributed by atoms with van der Waals surface area (Å²) < 4.78 is 26.3. The van der Waals surface area contributed by atoms with Crippen LogP contribution in [0.1, 0.15) is 25.7 Å². The number of nitrogens with zero attached hydrogens (tertiary/aromatic N) is 2. The lowest BCUT2D eigenvalue weighted by Crippen LogP contribution is -2.35. The van der Waals surface area contributed by atoms with Crippen molar-refractivity contribution in [2.24, 2.45) is 0 Å². The third kappa shape index (κ3) is 2.36. The lowest BCUT2D eigenvalue weighted by atomic mass is 10.1. The molecular formula is C10H18N4O3S. The van der Waals surface area contributed by atoms with E-state index in [9.17, 15) is 8.42 Å². The van der Waals surface area contributed by atoms with E-state index in [0.717, 1.165) is 12.8 Å². The van der Waals surface area contributed by atoms with Crippen LogP contribution in [0.3, 0.4) is 0 Å². The van der Waals surface area contributed by atoms with E-state index in [1.54, 1.807) is 0 Å². The number of anilines is 1. The molecule has 1 aliphatic rings. The molecule has 8 heteroatoms. The Hall–Kier alpha value is -1.12. The topological polar surface area (TPSA) is 112 Å². The summed E-state index contributed by atoms with van der Waals surface area (Å²) in [7, 11) is -3.57. The first-order chi connectivity index (χ1) is 8.57. The van der Waals surface area contributed by atoms with Gasteiger partial charge in [-0.05, 0) is 25.7 Å². The summed E-state index contributed by atoms with van der Waals surface area (Å²) in [6.07, 6.45) is 4.20. The van der Waals surface area contributed by atoms with Crippen LogP contribution in [0, 0.1) is 0 Å². The Balaban J connectivity index is 2.22. The van der Waals surface area contributed by atoms with Crippen LogP contribution < -0.4 is 5.73 Å². The van der Waals surface area contributed by atoms with E-state index in [0.29, 0.717) is 19.4 Å². The van der Waals surface area contributed by atoms with Crippen LogP contribution in [0.2, 0.25) is 0 Å². The minimum Gasteiger partial charge on any atom is -0.396 e. The number of rotatable bonds is 5. The molecule has 0 aromatic carbocycles. The zero-order valence-corrected chi connectivity index (χ0v) is 10.9. The average Bonchev–Trinajstić information content (AvgIpc) is 2.94. The molecule has 0 aliphatic carbocycles. The normalized spacial score (nSPS) is 21.5. The van der Waals surface area contributed by atoms with E-state index in [4.69, 9.17) is 10.8 Å². The van der Waals surface area contributed by atoms with Crippen LogP contribution in [0.4, 0.5) is 5.82 Å². The summed E-state index contributed by atoms with van der Waals surface area (Å²) in [5.74, 6) is 0.0720. The summed E-state index contributed by atoms with van der Waals surface area (Å²) >= 11 is 0. The molecule has 0 amide bonds. The van der Waals surface area contributed by atoms with Crippen LogP contribution in [0.25, 0.3) is 0 Å². The first-order valence-electron chi connectivity index (χ1n) is 5.99. The molecule has 7 nitrogen and oxygen atoms in total. The molecule has 2 heterocycles. The Bertz CT molecular complexity index is 499. The van der Waals surface area contributed by atoms with Crippen LogP contribution in [-0.4, -0.2) is 47.2 Å². The summed E-state index contributed by atoms with van der Waals surface area (Å²) in [6, 6.07) is -0.0450. The van der Waals surface area contributed by atoms with Gasteiger partial charge in [-0.25, -0.2) is 8.42 Å². The van der Waals surface area contributed by atoms with E-state index in [1.165, 1.54) is 10.5 Å². The largest absolute Gasteiger partial charge is 0.396 e. The van der Waals surface area contributed by atoms with Gasteiger partial charge in [0.2, 0.25) is 10.0 Å². The molecule has 1 aliphatic heterocycles. The van der Waals surface area contributed by atoms with Crippen molar-refractivity contribution in [2.75, 3.05) is 18.9 Å². The van der Waals surface area contributed by atoms with Crippen molar-refractivity contribution in [3.8, 4) is 0 Å². The van der Waals surface area contributed by atoms with Gasteiger partial charge >= 0.3 is 0 Å². The second-order valence-electron chi connectivity index (χ2n) is 4.43. The number of H-pyrrole nitrogens is 1. The van der Waals surface area contributed by atoms with Crippen LogP contribution in [0.5, 0.6) is 0 Å². The minimum atomic E-state index is -3.57. The van der Waals surface area contributed by atoms with Crippen molar-refractivity contribution in [1.82, 2.24) is 14.5 Å². The lowest BCUT2D eigenvalue weighted by molar-refractivity contribution is 0.264. The summed E-state index contributed by atoms with van der Waals surface area (Å²) in [4.78, 5) is 0.0402. The smallest absolute Gasteiger partial charge is 0.248 e. The molecule has 0 spiro atoms. The highest BCUT2D eigenvalue weighted by Gasteiger charge is 2.36. The second-order valence-corrected chi connectivity index (χ2v) is 6.28. The highest BCUT2D eigenvalue weighted by Crippen LogP contribution is 2.29. The van der Waals surface area contributed by atoms with Gasteiger partial charge in [-0.2, -0.15) is 9.40 Å². The number of hydrogen-bond donors (Lipinski definition) is 3. The molecule has 1 fully saturated rings. The van der Waals surface area contributed by atoms with Crippen molar-refractivity contribution in [3.05, 3.63) is 6.20 Å². The fourth-order valence-electron chi connectivity index (χ4n) is 2.36. The standard InChI is InChI=1S/C10H18N4O3S/c11-10-9(7-12-13-10)18(16,17)14-5-1-3-8(14)4-2-6-15/h7-8,15H,1-6H2,(H3,11,12,13). The Kier molecular flexibility index (Phi) is 3.88. The third-order valence-electron chi connectivity index (χ3n) is 3.24. The number of nitrogens with two attached hydrogens (primary N) is 1. The summed E-state index contributed by atoms with van der Waals surface area (Å²) in [6.45, 7) is 0.585. The molecule has 4 N–H and O–H groups in total. The summed E-state index contributed by atoms with van der Waals surface area (Å²) in [5.41, 5.74) is 5.58. The highest BCUT2D eigenvalue weighted by molar-refractivity contribution is 7.89.